The number of rotatable bonds is 54. The summed E-state index contributed by atoms with van der Waals surface area (Å²) >= 11 is 0. The lowest BCUT2D eigenvalue weighted by atomic mass is 10.0. The number of ether oxygens (including phenoxy) is 1. The van der Waals surface area contributed by atoms with Gasteiger partial charge < -0.3 is 20.3 Å². The second-order valence-electron chi connectivity index (χ2n) is 20.0. The first-order chi connectivity index (χ1) is 32.5. The van der Waals surface area contributed by atoms with Crippen molar-refractivity contribution in [3.63, 3.8) is 0 Å². The molecule has 6 nitrogen and oxygen atoms in total. The molecule has 0 fully saturated rings. The van der Waals surface area contributed by atoms with Crippen molar-refractivity contribution in [2.45, 2.75) is 321 Å². The molecule has 0 heterocycles. The monoisotopic (exact) mass is 928 g/mol. The van der Waals surface area contributed by atoms with Crippen LogP contribution in [0.1, 0.15) is 309 Å². The van der Waals surface area contributed by atoms with Crippen LogP contribution in [0.3, 0.4) is 0 Å². The fourth-order valence-electron chi connectivity index (χ4n) is 8.94. The van der Waals surface area contributed by atoms with Crippen molar-refractivity contribution in [2.75, 3.05) is 13.2 Å². The van der Waals surface area contributed by atoms with Crippen LogP contribution < -0.4 is 5.32 Å². The Bertz CT molecular complexity index is 1070. The minimum Gasteiger partial charge on any atom is -0.465 e. The van der Waals surface area contributed by atoms with Gasteiger partial charge >= 0.3 is 5.97 Å². The van der Waals surface area contributed by atoms with Gasteiger partial charge in [-0.25, -0.2) is 0 Å². The summed E-state index contributed by atoms with van der Waals surface area (Å²) in [5.41, 5.74) is 0. The van der Waals surface area contributed by atoms with Crippen LogP contribution in [0.2, 0.25) is 0 Å². The Balaban J connectivity index is 3.42. The number of aliphatic hydroxyl groups excluding tert-OH is 2. The third kappa shape index (κ3) is 51.5. The van der Waals surface area contributed by atoms with E-state index in [2.05, 4.69) is 55.6 Å². The molecular formula is C60H113NO5. The van der Waals surface area contributed by atoms with Crippen LogP contribution in [-0.2, 0) is 14.3 Å². The Morgan fingerprint density at radius 2 is 0.758 bits per heavy atom. The minimum absolute atomic E-state index is 0.0359. The normalized spacial score (nSPS) is 12.8. The van der Waals surface area contributed by atoms with E-state index in [0.29, 0.717) is 25.9 Å². The Morgan fingerprint density at radius 3 is 1.17 bits per heavy atom. The highest BCUT2D eigenvalue weighted by Gasteiger charge is 2.20. The quantitative estimate of drug-likeness (QED) is 0.0321. The van der Waals surface area contributed by atoms with E-state index in [1.165, 1.54) is 225 Å². The minimum atomic E-state index is -0.666. The molecule has 0 aromatic rings. The fraction of sp³-hybridized carbons (Fsp3) is 0.867. The van der Waals surface area contributed by atoms with Crippen LogP contribution in [0.5, 0.6) is 0 Å². The standard InChI is InChI=1S/C60H113NO5/c1-3-5-7-9-11-13-14-15-16-17-21-25-28-31-34-38-42-46-50-54-60(65)66-55-51-47-43-39-35-32-29-26-23-20-18-19-22-24-27-30-33-37-41-45-49-53-59(64)61-57(56-62)58(63)52-48-44-40-36-12-10-8-6-4-2/h15-16,32,35,43,47,57-58,62-63H,3-14,17-31,33-34,36-42,44-46,48-56H2,1-2H3,(H,61,64)/b16-15-,35-32-,47-43-. The first-order valence-electron chi connectivity index (χ1n) is 29.2. The van der Waals surface area contributed by atoms with Gasteiger partial charge in [0.05, 0.1) is 25.4 Å². The molecule has 0 aromatic heterocycles. The molecule has 0 radical (unpaired) electrons. The van der Waals surface area contributed by atoms with Crippen molar-refractivity contribution in [1.29, 1.82) is 0 Å². The highest BCUT2D eigenvalue weighted by Crippen LogP contribution is 2.17. The van der Waals surface area contributed by atoms with Crippen LogP contribution in [0.25, 0.3) is 0 Å². The molecule has 3 N–H and O–H groups in total. The van der Waals surface area contributed by atoms with E-state index in [1.54, 1.807) is 0 Å². The van der Waals surface area contributed by atoms with Gasteiger partial charge in [-0.1, -0.05) is 262 Å². The Morgan fingerprint density at radius 1 is 0.424 bits per heavy atom. The summed E-state index contributed by atoms with van der Waals surface area (Å²) in [6.45, 7) is 4.82. The van der Waals surface area contributed by atoms with Gasteiger partial charge in [0.1, 0.15) is 0 Å². The number of carbonyl (C=O) groups is 2. The zero-order valence-electron chi connectivity index (χ0n) is 44.2. The van der Waals surface area contributed by atoms with Crippen molar-refractivity contribution in [2.24, 2.45) is 0 Å². The molecular weight excluding hydrogens is 815 g/mol. The number of hydrogen-bond acceptors (Lipinski definition) is 5. The molecule has 0 saturated heterocycles. The van der Waals surface area contributed by atoms with Gasteiger partial charge in [0.2, 0.25) is 5.91 Å². The van der Waals surface area contributed by atoms with E-state index in [4.69, 9.17) is 4.74 Å². The van der Waals surface area contributed by atoms with Crippen LogP contribution in [0, 0.1) is 0 Å². The van der Waals surface area contributed by atoms with Gasteiger partial charge in [-0.2, -0.15) is 0 Å². The molecule has 66 heavy (non-hydrogen) atoms. The number of amides is 1. The van der Waals surface area contributed by atoms with E-state index in [9.17, 15) is 19.8 Å². The SMILES string of the molecule is CCCCCCCC/C=C\CCCCCCCCCCCC(=O)OCC/C=C\C/C=C\CCCCCCCCCCCCCCCCC(=O)NC(CO)C(O)CCCCCCCCCCC. The number of esters is 1. The van der Waals surface area contributed by atoms with Crippen molar-refractivity contribution in [3.8, 4) is 0 Å². The average Bonchev–Trinajstić information content (AvgIpc) is 3.32. The predicted octanol–water partition coefficient (Wildman–Crippen LogP) is 18.0. The molecule has 0 aliphatic rings. The first-order valence-corrected chi connectivity index (χ1v) is 29.2. The summed E-state index contributed by atoms with van der Waals surface area (Å²) in [4.78, 5) is 24.5. The zero-order chi connectivity index (χ0) is 47.9. The molecule has 0 spiro atoms. The Kier molecular flexibility index (Phi) is 54.1. The van der Waals surface area contributed by atoms with Gasteiger partial charge in [-0.05, 0) is 70.6 Å². The maximum absolute atomic E-state index is 12.4. The predicted molar refractivity (Wildman–Crippen MR) is 287 cm³/mol. The molecule has 2 atom stereocenters. The first kappa shape index (κ1) is 64.1. The number of nitrogens with one attached hydrogen (secondary N) is 1. The van der Waals surface area contributed by atoms with Gasteiger partial charge in [0.25, 0.3) is 0 Å². The van der Waals surface area contributed by atoms with Crippen LogP contribution in [-0.4, -0.2) is 47.4 Å². The number of carbonyl (C=O) groups excluding carboxylic acids is 2. The highest BCUT2D eigenvalue weighted by molar-refractivity contribution is 5.76. The van der Waals surface area contributed by atoms with Gasteiger partial charge in [0, 0.05) is 12.8 Å². The van der Waals surface area contributed by atoms with E-state index >= 15 is 0 Å². The summed E-state index contributed by atoms with van der Waals surface area (Å²) in [7, 11) is 0. The van der Waals surface area contributed by atoms with Crippen molar-refractivity contribution in [1.82, 2.24) is 5.32 Å². The second kappa shape index (κ2) is 55.7. The fourth-order valence-corrected chi connectivity index (χ4v) is 8.94. The summed E-state index contributed by atoms with van der Waals surface area (Å²) in [5.74, 6) is -0.0781. The number of unbranched alkanes of at least 4 members (excludes halogenated alkanes) is 37. The average molecular weight is 929 g/mol. The van der Waals surface area contributed by atoms with Gasteiger partial charge in [0.15, 0.2) is 0 Å². The third-order valence-electron chi connectivity index (χ3n) is 13.4. The molecule has 0 saturated carbocycles. The topological polar surface area (TPSA) is 95.9 Å². The lowest BCUT2D eigenvalue weighted by Gasteiger charge is -2.22. The number of allylic oxidation sites excluding steroid dienone is 5. The lowest BCUT2D eigenvalue weighted by Crippen LogP contribution is -2.45. The van der Waals surface area contributed by atoms with Crippen molar-refractivity contribution < 1.29 is 24.5 Å². The summed E-state index contributed by atoms with van der Waals surface area (Å²) in [6.07, 6.45) is 68.8. The second-order valence-corrected chi connectivity index (χ2v) is 20.0. The smallest absolute Gasteiger partial charge is 0.305 e. The maximum Gasteiger partial charge on any atom is 0.305 e. The molecule has 388 valence electrons. The molecule has 0 aromatic carbocycles. The van der Waals surface area contributed by atoms with Gasteiger partial charge in [-0.15, -0.1) is 0 Å². The molecule has 6 heteroatoms. The molecule has 2 unspecified atom stereocenters. The summed E-state index contributed by atoms with van der Waals surface area (Å²) in [5, 5.41) is 23.1. The Labute approximate surface area is 411 Å². The third-order valence-corrected chi connectivity index (χ3v) is 13.4. The van der Waals surface area contributed by atoms with Crippen LogP contribution in [0.4, 0.5) is 0 Å². The summed E-state index contributed by atoms with van der Waals surface area (Å²) < 4.78 is 5.43. The van der Waals surface area contributed by atoms with Crippen LogP contribution >= 0.6 is 0 Å². The number of aliphatic hydroxyl groups is 2. The van der Waals surface area contributed by atoms with Gasteiger partial charge in [-0.3, -0.25) is 9.59 Å². The van der Waals surface area contributed by atoms with E-state index in [-0.39, 0.29) is 18.5 Å². The number of hydrogen-bond donors (Lipinski definition) is 3. The van der Waals surface area contributed by atoms with Crippen LogP contribution in [0.15, 0.2) is 36.5 Å². The maximum atomic E-state index is 12.4. The zero-order valence-corrected chi connectivity index (χ0v) is 44.2. The van der Waals surface area contributed by atoms with E-state index in [1.807, 2.05) is 0 Å². The molecule has 0 aliphatic carbocycles. The van der Waals surface area contributed by atoms with E-state index in [0.717, 1.165) is 51.4 Å². The van der Waals surface area contributed by atoms with E-state index < -0.39 is 12.1 Å². The highest BCUT2D eigenvalue weighted by atomic mass is 16.5. The lowest BCUT2D eigenvalue weighted by molar-refractivity contribution is -0.143. The molecule has 0 bridgehead atoms. The molecule has 0 rings (SSSR count). The molecule has 0 aliphatic heterocycles. The summed E-state index contributed by atoms with van der Waals surface area (Å²) in [6, 6.07) is -0.543. The van der Waals surface area contributed by atoms with Crippen molar-refractivity contribution >= 4 is 11.9 Å². The van der Waals surface area contributed by atoms with Crippen molar-refractivity contribution in [3.05, 3.63) is 36.5 Å². The Hall–Kier alpha value is -1.92. The largest absolute Gasteiger partial charge is 0.465 e. The molecule has 1 amide bonds.